The number of pyridine rings is 1. The lowest BCUT2D eigenvalue weighted by atomic mass is 10.1. The summed E-state index contributed by atoms with van der Waals surface area (Å²) in [6, 6.07) is 6.28. The van der Waals surface area contributed by atoms with E-state index in [0.717, 1.165) is 18.2 Å². The molecule has 2 aromatic rings. The van der Waals surface area contributed by atoms with Gasteiger partial charge in [-0.1, -0.05) is 6.42 Å². The van der Waals surface area contributed by atoms with Crippen molar-refractivity contribution in [1.29, 1.82) is 0 Å². The average Bonchev–Trinajstić information content (AvgIpc) is 2.67. The van der Waals surface area contributed by atoms with E-state index in [4.69, 9.17) is 20.9 Å². The zero-order chi connectivity index (χ0) is 19.8. The average molecular weight is 374 g/mol. The number of unbranched alkanes of at least 4 members (excludes halogenated alkanes) is 1. The molecule has 1 heterocycles. The van der Waals surface area contributed by atoms with E-state index in [0.29, 0.717) is 29.9 Å². The quantitative estimate of drug-likeness (QED) is 0.449. The van der Waals surface area contributed by atoms with Crippen LogP contribution in [0.2, 0.25) is 0 Å². The van der Waals surface area contributed by atoms with E-state index in [1.165, 1.54) is 6.92 Å². The predicted molar refractivity (Wildman–Crippen MR) is 103 cm³/mol. The van der Waals surface area contributed by atoms with Gasteiger partial charge in [0.2, 0.25) is 0 Å². The number of hydrogen-bond acceptors (Lipinski definition) is 7. The Labute approximate surface area is 158 Å². The summed E-state index contributed by atoms with van der Waals surface area (Å²) in [6.45, 7) is 2.05. The van der Waals surface area contributed by atoms with Crippen LogP contribution in [0.5, 0.6) is 5.75 Å². The number of benzene rings is 1. The van der Waals surface area contributed by atoms with Crippen LogP contribution in [0.1, 0.15) is 26.2 Å². The first-order valence-corrected chi connectivity index (χ1v) is 8.86. The molecular weight excluding hydrogens is 348 g/mol. The number of carbonyl (C=O) groups excluding carboxylic acids is 2. The predicted octanol–water partition coefficient (Wildman–Crippen LogP) is 1.57. The molecule has 2 unspecified atom stereocenters. The topological polar surface area (TPSA) is 130 Å². The minimum atomic E-state index is -0.980. The molecule has 1 amide bonds. The van der Waals surface area contributed by atoms with E-state index in [2.05, 4.69) is 10.3 Å². The fourth-order valence-corrected chi connectivity index (χ4v) is 2.54. The summed E-state index contributed by atoms with van der Waals surface area (Å²) in [4.78, 5) is 28.7. The maximum Gasteiger partial charge on any atom is 0.323 e. The summed E-state index contributed by atoms with van der Waals surface area (Å²) >= 11 is 0. The van der Waals surface area contributed by atoms with E-state index in [1.807, 2.05) is 0 Å². The Hall–Kier alpha value is -2.71. The molecule has 0 bridgehead atoms. The third-order valence-corrected chi connectivity index (χ3v) is 4.14. The smallest absolute Gasteiger partial charge is 0.323 e. The molecule has 1 aromatic heterocycles. The highest BCUT2D eigenvalue weighted by molar-refractivity contribution is 6.03. The summed E-state index contributed by atoms with van der Waals surface area (Å²) < 4.78 is 10.4. The van der Waals surface area contributed by atoms with Gasteiger partial charge in [-0.15, -0.1) is 0 Å². The number of esters is 1. The van der Waals surface area contributed by atoms with Crippen LogP contribution in [0.15, 0.2) is 30.5 Å². The fraction of sp³-hybridized carbons (Fsp3) is 0.421. The van der Waals surface area contributed by atoms with Gasteiger partial charge in [-0.25, -0.2) is 0 Å². The number of fused-ring (bicyclic) bond motifs is 1. The Kier molecular flexibility index (Phi) is 7.51. The van der Waals surface area contributed by atoms with Gasteiger partial charge in [0, 0.05) is 11.6 Å². The molecular formula is C19H26N4O4. The summed E-state index contributed by atoms with van der Waals surface area (Å²) in [5.41, 5.74) is 12.5. The third-order valence-electron chi connectivity index (χ3n) is 4.14. The van der Waals surface area contributed by atoms with Gasteiger partial charge in [-0.3, -0.25) is 14.6 Å². The fourth-order valence-electron chi connectivity index (χ4n) is 2.54. The van der Waals surface area contributed by atoms with E-state index >= 15 is 0 Å². The van der Waals surface area contributed by atoms with Crippen molar-refractivity contribution in [3.8, 4) is 5.75 Å². The number of hydrogen-bond donors (Lipinski definition) is 3. The molecule has 5 N–H and O–H groups in total. The lowest BCUT2D eigenvalue weighted by molar-refractivity contribution is -0.154. The van der Waals surface area contributed by atoms with Gasteiger partial charge >= 0.3 is 5.97 Å². The SMILES string of the molecule is COc1ccc2nccc(NC(=O)C(C)OC(=O)C(N)CCCCN)c2c1. The summed E-state index contributed by atoms with van der Waals surface area (Å²) in [5, 5.41) is 3.49. The zero-order valence-electron chi connectivity index (χ0n) is 15.6. The van der Waals surface area contributed by atoms with Gasteiger partial charge in [0.05, 0.1) is 18.3 Å². The number of aromatic nitrogens is 1. The summed E-state index contributed by atoms with van der Waals surface area (Å²) in [6.07, 6.45) is 2.60. The molecule has 2 atom stereocenters. The first-order chi connectivity index (χ1) is 13.0. The lowest BCUT2D eigenvalue weighted by Gasteiger charge is -2.17. The van der Waals surface area contributed by atoms with E-state index in [-0.39, 0.29) is 0 Å². The number of carbonyl (C=O) groups is 2. The number of ether oxygens (including phenoxy) is 2. The number of rotatable bonds is 9. The second-order valence-corrected chi connectivity index (χ2v) is 6.20. The zero-order valence-corrected chi connectivity index (χ0v) is 15.6. The monoisotopic (exact) mass is 374 g/mol. The Balaban J connectivity index is 2.02. The third kappa shape index (κ3) is 5.63. The van der Waals surface area contributed by atoms with Crippen LogP contribution in [0.4, 0.5) is 5.69 Å². The van der Waals surface area contributed by atoms with Crippen LogP contribution in [0, 0.1) is 0 Å². The van der Waals surface area contributed by atoms with Crippen molar-refractivity contribution in [2.75, 3.05) is 19.0 Å². The summed E-state index contributed by atoms with van der Waals surface area (Å²) in [5.74, 6) is -0.405. The van der Waals surface area contributed by atoms with Crippen LogP contribution < -0.4 is 21.5 Å². The number of methoxy groups -OCH3 is 1. The van der Waals surface area contributed by atoms with Crippen molar-refractivity contribution >= 4 is 28.5 Å². The molecule has 27 heavy (non-hydrogen) atoms. The molecule has 8 heteroatoms. The van der Waals surface area contributed by atoms with Gasteiger partial charge < -0.3 is 26.3 Å². The van der Waals surface area contributed by atoms with Gasteiger partial charge in [0.1, 0.15) is 11.8 Å². The van der Waals surface area contributed by atoms with Crippen molar-refractivity contribution < 1.29 is 19.1 Å². The van der Waals surface area contributed by atoms with Crippen LogP contribution in [-0.4, -0.2) is 42.7 Å². The van der Waals surface area contributed by atoms with Gasteiger partial charge in [-0.05, 0) is 50.6 Å². The van der Waals surface area contributed by atoms with Crippen molar-refractivity contribution in [3.05, 3.63) is 30.5 Å². The Morgan fingerprint density at radius 2 is 2.04 bits per heavy atom. The minimum absolute atomic E-state index is 0.451. The largest absolute Gasteiger partial charge is 0.497 e. The molecule has 0 fully saturated rings. The molecule has 2 rings (SSSR count). The van der Waals surface area contributed by atoms with Crippen molar-refractivity contribution in [2.45, 2.75) is 38.3 Å². The second-order valence-electron chi connectivity index (χ2n) is 6.20. The Morgan fingerprint density at radius 3 is 2.74 bits per heavy atom. The van der Waals surface area contributed by atoms with Crippen molar-refractivity contribution in [2.24, 2.45) is 11.5 Å². The van der Waals surface area contributed by atoms with E-state index in [1.54, 1.807) is 37.6 Å². The number of nitrogens with one attached hydrogen (secondary N) is 1. The van der Waals surface area contributed by atoms with Gasteiger partial charge in [0.15, 0.2) is 6.10 Å². The molecule has 0 saturated carbocycles. The van der Waals surface area contributed by atoms with Gasteiger partial charge in [-0.2, -0.15) is 0 Å². The highest BCUT2D eigenvalue weighted by atomic mass is 16.5. The number of anilines is 1. The molecule has 0 aliphatic rings. The number of amides is 1. The molecule has 0 radical (unpaired) electrons. The van der Waals surface area contributed by atoms with Crippen LogP contribution in [-0.2, 0) is 14.3 Å². The Bertz CT molecular complexity index is 796. The highest BCUT2D eigenvalue weighted by Gasteiger charge is 2.22. The normalized spacial score (nSPS) is 13.0. The van der Waals surface area contributed by atoms with Crippen LogP contribution in [0.25, 0.3) is 10.9 Å². The lowest BCUT2D eigenvalue weighted by Crippen LogP contribution is -2.38. The molecule has 146 valence electrons. The molecule has 0 aliphatic heterocycles. The summed E-state index contributed by atoms with van der Waals surface area (Å²) in [7, 11) is 1.56. The van der Waals surface area contributed by atoms with E-state index in [9.17, 15) is 9.59 Å². The second kappa shape index (κ2) is 9.84. The first-order valence-electron chi connectivity index (χ1n) is 8.86. The van der Waals surface area contributed by atoms with Crippen molar-refractivity contribution in [1.82, 2.24) is 4.98 Å². The minimum Gasteiger partial charge on any atom is -0.497 e. The standard InChI is InChI=1S/C19H26N4O4/c1-12(27-19(25)15(21)5-3-4-9-20)18(24)23-17-8-10-22-16-7-6-13(26-2)11-14(16)17/h6-8,10-12,15H,3-5,9,20-21H2,1-2H3,(H,22,23,24). The Morgan fingerprint density at radius 1 is 1.26 bits per heavy atom. The maximum absolute atomic E-state index is 12.4. The maximum atomic E-state index is 12.4. The van der Waals surface area contributed by atoms with E-state index < -0.39 is 24.0 Å². The molecule has 0 spiro atoms. The number of nitrogens with zero attached hydrogens (tertiary/aromatic N) is 1. The van der Waals surface area contributed by atoms with Crippen LogP contribution in [0.3, 0.4) is 0 Å². The first kappa shape index (κ1) is 20.6. The van der Waals surface area contributed by atoms with Gasteiger partial charge in [0.25, 0.3) is 5.91 Å². The molecule has 0 saturated heterocycles. The van der Waals surface area contributed by atoms with Crippen LogP contribution >= 0.6 is 0 Å². The highest BCUT2D eigenvalue weighted by Crippen LogP contribution is 2.26. The van der Waals surface area contributed by atoms with Crippen molar-refractivity contribution in [3.63, 3.8) is 0 Å². The molecule has 8 nitrogen and oxygen atoms in total. The molecule has 1 aromatic carbocycles. The molecule has 0 aliphatic carbocycles. The number of nitrogens with two attached hydrogens (primary N) is 2.